The number of Topliss-reactive ketones (excluding diaryl/α,β-unsaturated/α-hetero) is 2. The lowest BCUT2D eigenvalue weighted by Crippen LogP contribution is -2.60. The van der Waals surface area contributed by atoms with Crippen LogP contribution in [-0.4, -0.2) is 85.0 Å². The molecule has 2 aliphatic rings. The summed E-state index contributed by atoms with van der Waals surface area (Å²) < 4.78 is 97.5. The second-order valence-electron chi connectivity index (χ2n) is 12.8. The first-order chi connectivity index (χ1) is 22.3. The third-order valence-corrected chi connectivity index (χ3v) is 8.25. The van der Waals surface area contributed by atoms with E-state index >= 15 is 0 Å². The number of amides is 1. The van der Waals surface area contributed by atoms with E-state index in [0.717, 1.165) is 37.1 Å². The lowest BCUT2D eigenvalue weighted by atomic mass is 9.82. The van der Waals surface area contributed by atoms with Gasteiger partial charge in [-0.15, -0.1) is 0 Å². The van der Waals surface area contributed by atoms with Gasteiger partial charge in [0, 0.05) is 32.1 Å². The highest BCUT2D eigenvalue weighted by molar-refractivity contribution is 6.41. The summed E-state index contributed by atoms with van der Waals surface area (Å²) in [6.07, 6.45) is -8.82. The van der Waals surface area contributed by atoms with Crippen LogP contribution < -0.4 is 10.1 Å². The molecule has 2 aliphatic heterocycles. The van der Waals surface area contributed by atoms with Gasteiger partial charge in [-0.1, -0.05) is 63.2 Å². The van der Waals surface area contributed by atoms with Crippen LogP contribution in [0.5, 0.6) is 5.75 Å². The first kappa shape index (κ1) is 38.9. The van der Waals surface area contributed by atoms with Gasteiger partial charge in [-0.3, -0.25) is 19.3 Å². The third kappa shape index (κ3) is 11.0. The van der Waals surface area contributed by atoms with Gasteiger partial charge in [-0.25, -0.2) is 0 Å². The second kappa shape index (κ2) is 16.2. The van der Waals surface area contributed by atoms with Crippen LogP contribution in [0.15, 0.2) is 54.6 Å². The molecule has 7 nitrogen and oxygen atoms in total. The van der Waals surface area contributed by atoms with E-state index in [-0.39, 0.29) is 29.2 Å². The summed E-state index contributed by atoms with van der Waals surface area (Å²) in [5, 5.41) is 3.38. The van der Waals surface area contributed by atoms with E-state index in [1.165, 1.54) is 0 Å². The Hall–Kier alpha value is -3.59. The zero-order valence-corrected chi connectivity index (χ0v) is 26.7. The Bertz CT molecular complexity index is 1350. The van der Waals surface area contributed by atoms with Gasteiger partial charge in [0.1, 0.15) is 5.75 Å². The van der Waals surface area contributed by atoms with Crippen molar-refractivity contribution in [2.24, 2.45) is 11.3 Å². The van der Waals surface area contributed by atoms with Crippen molar-refractivity contribution < 1.29 is 54.2 Å². The van der Waals surface area contributed by atoms with Crippen molar-refractivity contribution in [3.05, 3.63) is 65.7 Å². The molecule has 1 N–H and O–H groups in total. The molecule has 2 saturated heterocycles. The van der Waals surface area contributed by atoms with E-state index in [1.54, 1.807) is 18.2 Å². The molecule has 4 rings (SSSR count). The van der Waals surface area contributed by atoms with Crippen LogP contribution in [0, 0.1) is 11.3 Å². The van der Waals surface area contributed by atoms with E-state index in [1.807, 2.05) is 24.3 Å². The fourth-order valence-corrected chi connectivity index (χ4v) is 5.90. The van der Waals surface area contributed by atoms with Gasteiger partial charge < -0.3 is 15.0 Å². The molecular formula is C33H39F8N3O4. The summed E-state index contributed by atoms with van der Waals surface area (Å²) in [5.41, 5.74) is 1.89. The summed E-state index contributed by atoms with van der Waals surface area (Å²) >= 11 is 0. The van der Waals surface area contributed by atoms with E-state index in [2.05, 4.69) is 48.0 Å². The van der Waals surface area contributed by atoms with Crippen molar-refractivity contribution in [3.8, 4) is 5.75 Å². The van der Waals surface area contributed by atoms with Gasteiger partial charge in [-0.05, 0) is 60.5 Å². The minimum atomic E-state index is -5.77. The number of nitrogens with one attached hydrogen (secondary N) is 1. The quantitative estimate of drug-likeness (QED) is 0.249. The molecule has 2 fully saturated rings. The summed E-state index contributed by atoms with van der Waals surface area (Å²) in [5.74, 6) is -5.95. The highest BCUT2D eigenvalue weighted by Crippen LogP contribution is 2.37. The van der Waals surface area contributed by atoms with Crippen LogP contribution in [0.4, 0.5) is 35.1 Å². The molecule has 2 aromatic rings. The number of ether oxygens (including phenoxy) is 1. The van der Waals surface area contributed by atoms with Gasteiger partial charge in [0.15, 0.2) is 0 Å². The van der Waals surface area contributed by atoms with Crippen molar-refractivity contribution in [2.45, 2.75) is 71.1 Å². The van der Waals surface area contributed by atoms with Crippen LogP contribution in [-0.2, 0) is 14.4 Å². The molecule has 15 heteroatoms. The highest BCUT2D eigenvalue weighted by atomic mass is 19.4. The van der Waals surface area contributed by atoms with Crippen molar-refractivity contribution in [1.29, 1.82) is 0 Å². The number of halogens is 8. The molecule has 0 saturated carbocycles. The summed E-state index contributed by atoms with van der Waals surface area (Å²) in [4.78, 5) is 37.2. The average Bonchev–Trinajstić information content (AvgIpc) is 3.00. The Balaban J connectivity index is 0.000000444. The van der Waals surface area contributed by atoms with Gasteiger partial charge in [0.25, 0.3) is 0 Å². The Morgan fingerprint density at radius 2 is 1.40 bits per heavy atom. The van der Waals surface area contributed by atoms with Gasteiger partial charge >= 0.3 is 30.5 Å². The predicted molar refractivity (Wildman–Crippen MR) is 160 cm³/mol. The van der Waals surface area contributed by atoms with Crippen molar-refractivity contribution in [1.82, 2.24) is 15.1 Å². The zero-order valence-electron chi connectivity index (χ0n) is 26.7. The van der Waals surface area contributed by atoms with E-state index in [0.29, 0.717) is 32.0 Å². The van der Waals surface area contributed by atoms with Crippen LogP contribution >= 0.6 is 0 Å². The maximum absolute atomic E-state index is 13.5. The Kier molecular flexibility index (Phi) is 13.1. The molecular weight excluding hydrogens is 654 g/mol. The summed E-state index contributed by atoms with van der Waals surface area (Å²) in [7, 11) is 0. The number of ketones is 2. The number of alkyl halides is 8. The fourth-order valence-electron chi connectivity index (χ4n) is 5.90. The van der Waals surface area contributed by atoms with E-state index in [9.17, 15) is 49.5 Å². The van der Waals surface area contributed by atoms with Crippen LogP contribution in [0.1, 0.15) is 57.2 Å². The SMILES string of the molecule is CC(C)(C)[C@H]1CN(C(c2ccccc2)c2cccc(OC(F)F)c2)CCN1C(=O)CC1CCNCC1.O=C(C(=O)C(F)(F)F)C(F)(F)F. The topological polar surface area (TPSA) is 79.0 Å². The number of carbonyl (C=O) groups is 3. The molecule has 1 amide bonds. The Morgan fingerprint density at radius 1 is 0.833 bits per heavy atom. The summed E-state index contributed by atoms with van der Waals surface area (Å²) in [6, 6.07) is 17.1. The highest BCUT2D eigenvalue weighted by Gasteiger charge is 2.54. The molecule has 0 spiro atoms. The Labute approximate surface area is 273 Å². The van der Waals surface area contributed by atoms with Gasteiger partial charge in [0.05, 0.1) is 6.04 Å². The normalized spacial score (nSPS) is 18.9. The van der Waals surface area contributed by atoms with E-state index < -0.39 is 30.5 Å². The lowest BCUT2D eigenvalue weighted by molar-refractivity contribution is -0.193. The fraction of sp³-hybridized carbons (Fsp3) is 0.545. The molecule has 48 heavy (non-hydrogen) atoms. The number of hydrogen-bond acceptors (Lipinski definition) is 6. The molecule has 0 aromatic heterocycles. The average molecular weight is 694 g/mol. The number of hydrogen-bond donors (Lipinski definition) is 1. The Morgan fingerprint density at radius 3 is 1.92 bits per heavy atom. The number of piperazine rings is 1. The molecule has 1 unspecified atom stereocenters. The molecule has 2 heterocycles. The predicted octanol–water partition coefficient (Wildman–Crippen LogP) is 6.58. The number of piperidine rings is 1. The van der Waals surface area contributed by atoms with Crippen molar-refractivity contribution in [2.75, 3.05) is 32.7 Å². The molecule has 266 valence electrons. The minimum absolute atomic E-state index is 0.0483. The van der Waals surface area contributed by atoms with Gasteiger partial charge in [0.2, 0.25) is 5.91 Å². The van der Waals surface area contributed by atoms with Crippen LogP contribution in [0.3, 0.4) is 0 Å². The second-order valence-corrected chi connectivity index (χ2v) is 12.8. The number of nitrogens with zero attached hydrogens (tertiary/aromatic N) is 2. The van der Waals surface area contributed by atoms with Crippen molar-refractivity contribution in [3.63, 3.8) is 0 Å². The third-order valence-electron chi connectivity index (χ3n) is 8.25. The first-order valence-corrected chi connectivity index (χ1v) is 15.4. The lowest BCUT2D eigenvalue weighted by Gasteiger charge is -2.49. The largest absolute Gasteiger partial charge is 0.458 e. The summed E-state index contributed by atoms with van der Waals surface area (Å²) in [6.45, 7) is 7.77. The standard InChI is InChI=1S/C29H39F2N3O2.C4F6O2/c1-29(2,3)25-20-33(16-17-34(25)26(35)18-21-12-14-32-15-13-21)27(22-8-5-4-6-9-22)23-10-7-11-24(19-23)36-28(30)31;5-3(6,7)1(11)2(12)4(8,9)10/h4-11,19,21,25,27-28,32H,12-18,20H2,1-3H3;/t25-,27?;/m1./s1. The number of benzene rings is 2. The molecule has 0 radical (unpaired) electrons. The van der Waals surface area contributed by atoms with E-state index in [4.69, 9.17) is 4.74 Å². The maximum Gasteiger partial charge on any atom is 0.458 e. The molecule has 2 aromatic carbocycles. The zero-order chi connectivity index (χ0) is 35.9. The van der Waals surface area contributed by atoms with Crippen molar-refractivity contribution >= 4 is 17.5 Å². The van der Waals surface area contributed by atoms with Crippen LogP contribution in [0.25, 0.3) is 0 Å². The number of rotatable bonds is 8. The first-order valence-electron chi connectivity index (χ1n) is 15.4. The minimum Gasteiger partial charge on any atom is -0.435 e. The molecule has 2 atom stereocenters. The molecule has 0 bridgehead atoms. The smallest absolute Gasteiger partial charge is 0.435 e. The maximum atomic E-state index is 13.5. The monoisotopic (exact) mass is 693 g/mol. The molecule has 0 aliphatic carbocycles. The van der Waals surface area contributed by atoms with Gasteiger partial charge in [-0.2, -0.15) is 35.1 Å². The van der Waals surface area contributed by atoms with Crippen LogP contribution in [0.2, 0.25) is 0 Å². The number of carbonyl (C=O) groups excluding carboxylic acids is 3.